The normalized spacial score (nSPS) is 10.9. The molecule has 168 valence electrons. The first-order valence-corrected chi connectivity index (χ1v) is 11.6. The molecule has 0 fully saturated rings. The van der Waals surface area contributed by atoms with Gasteiger partial charge >= 0.3 is 6.03 Å². The molecule has 1 aromatic carbocycles. The fraction of sp³-hybridized carbons (Fsp3) is 0.348. The summed E-state index contributed by atoms with van der Waals surface area (Å²) in [5.41, 5.74) is 2.99. The molecule has 0 bridgehead atoms. The van der Waals surface area contributed by atoms with Crippen molar-refractivity contribution in [1.82, 2.24) is 30.4 Å². The van der Waals surface area contributed by atoms with E-state index in [9.17, 15) is 9.59 Å². The summed E-state index contributed by atoms with van der Waals surface area (Å²) < 4.78 is 1.91. The number of hydrogen-bond acceptors (Lipinski definition) is 6. The van der Waals surface area contributed by atoms with Gasteiger partial charge in [-0.25, -0.2) is 4.79 Å². The van der Waals surface area contributed by atoms with E-state index in [0.717, 1.165) is 24.1 Å². The summed E-state index contributed by atoms with van der Waals surface area (Å²) in [5, 5.41) is 14.3. The number of rotatable bonds is 9. The van der Waals surface area contributed by atoms with E-state index in [-0.39, 0.29) is 5.75 Å². The molecule has 0 aliphatic heterocycles. The van der Waals surface area contributed by atoms with Crippen LogP contribution in [0.5, 0.6) is 0 Å². The molecule has 2 heterocycles. The molecular formula is C23H28N6O2S. The standard InChI is InChI=1S/C23H28N6O2S/c1-4-17-5-7-19(8-6-17)29-21(18-10-12-24-13-11-18)27-28-23(29)32-15-20(30)26-22(31)25-14-9-16(2)3/h5-8,10-13,16H,4,9,14-15H2,1-3H3,(H2,25,26,30,31). The zero-order chi connectivity index (χ0) is 22.9. The van der Waals surface area contributed by atoms with Gasteiger partial charge in [0.05, 0.1) is 5.75 Å². The summed E-state index contributed by atoms with van der Waals surface area (Å²) in [6.07, 6.45) is 5.20. The third kappa shape index (κ3) is 6.40. The Kier molecular flexibility index (Phi) is 8.38. The SMILES string of the molecule is CCc1ccc(-n2c(SCC(=O)NC(=O)NCCC(C)C)nnc2-c2ccncc2)cc1. The molecule has 2 N–H and O–H groups in total. The largest absolute Gasteiger partial charge is 0.338 e. The molecule has 0 radical (unpaired) electrons. The van der Waals surface area contributed by atoms with Gasteiger partial charge in [-0.05, 0) is 48.6 Å². The number of carbonyl (C=O) groups is 2. The second-order valence-electron chi connectivity index (χ2n) is 7.67. The van der Waals surface area contributed by atoms with E-state index in [1.807, 2.05) is 28.8 Å². The molecule has 0 saturated carbocycles. The monoisotopic (exact) mass is 452 g/mol. The summed E-state index contributed by atoms with van der Waals surface area (Å²) in [4.78, 5) is 28.2. The van der Waals surface area contributed by atoms with Crippen molar-refractivity contribution in [2.24, 2.45) is 5.92 Å². The van der Waals surface area contributed by atoms with Crippen LogP contribution in [0.25, 0.3) is 17.1 Å². The smallest absolute Gasteiger partial charge is 0.321 e. The highest BCUT2D eigenvalue weighted by atomic mass is 32.2. The lowest BCUT2D eigenvalue weighted by atomic mass is 10.1. The number of aryl methyl sites for hydroxylation is 1. The van der Waals surface area contributed by atoms with E-state index in [1.165, 1.54) is 17.3 Å². The summed E-state index contributed by atoms with van der Waals surface area (Å²) in [6, 6.07) is 11.4. The van der Waals surface area contributed by atoms with Crippen LogP contribution in [0.1, 0.15) is 32.8 Å². The lowest BCUT2D eigenvalue weighted by Crippen LogP contribution is -2.40. The van der Waals surface area contributed by atoms with Crippen LogP contribution in [0, 0.1) is 5.92 Å². The van der Waals surface area contributed by atoms with Crippen molar-refractivity contribution in [1.29, 1.82) is 0 Å². The Hall–Kier alpha value is -3.20. The number of thioether (sulfide) groups is 1. The Morgan fingerprint density at radius 1 is 1.06 bits per heavy atom. The van der Waals surface area contributed by atoms with Gasteiger partial charge in [0.25, 0.3) is 0 Å². The van der Waals surface area contributed by atoms with Gasteiger partial charge in [0, 0.05) is 30.2 Å². The number of benzene rings is 1. The maximum Gasteiger partial charge on any atom is 0.321 e. The van der Waals surface area contributed by atoms with Gasteiger partial charge in [0.2, 0.25) is 5.91 Å². The van der Waals surface area contributed by atoms with Gasteiger partial charge in [-0.15, -0.1) is 10.2 Å². The highest BCUT2D eigenvalue weighted by Crippen LogP contribution is 2.27. The van der Waals surface area contributed by atoms with Crippen LogP contribution in [0.4, 0.5) is 4.79 Å². The maximum absolute atomic E-state index is 12.3. The second kappa shape index (κ2) is 11.4. The molecule has 3 aromatic rings. The molecule has 9 heteroatoms. The summed E-state index contributed by atoms with van der Waals surface area (Å²) in [6.45, 7) is 6.79. The summed E-state index contributed by atoms with van der Waals surface area (Å²) >= 11 is 1.23. The van der Waals surface area contributed by atoms with E-state index in [1.54, 1.807) is 12.4 Å². The quantitative estimate of drug-likeness (QED) is 0.478. The van der Waals surface area contributed by atoms with E-state index < -0.39 is 11.9 Å². The Morgan fingerprint density at radius 3 is 2.44 bits per heavy atom. The minimum absolute atomic E-state index is 0.0408. The fourth-order valence-electron chi connectivity index (χ4n) is 2.98. The zero-order valence-electron chi connectivity index (χ0n) is 18.5. The molecule has 0 unspecified atom stereocenters. The van der Waals surface area contributed by atoms with E-state index in [2.05, 4.69) is 58.7 Å². The average Bonchev–Trinajstić information content (AvgIpc) is 3.22. The number of amides is 3. The van der Waals surface area contributed by atoms with Crippen molar-refractivity contribution >= 4 is 23.7 Å². The number of urea groups is 1. The van der Waals surface area contributed by atoms with Gasteiger partial charge in [-0.3, -0.25) is 19.7 Å². The minimum Gasteiger partial charge on any atom is -0.338 e. The summed E-state index contributed by atoms with van der Waals surface area (Å²) in [5.74, 6) is 0.789. The average molecular weight is 453 g/mol. The highest BCUT2D eigenvalue weighted by molar-refractivity contribution is 7.99. The van der Waals surface area contributed by atoms with E-state index in [0.29, 0.717) is 23.4 Å². The number of imide groups is 1. The number of hydrogen-bond donors (Lipinski definition) is 2. The number of aromatic nitrogens is 4. The molecule has 0 aliphatic carbocycles. The summed E-state index contributed by atoms with van der Waals surface area (Å²) in [7, 11) is 0. The van der Waals surface area contributed by atoms with Crippen LogP contribution in [-0.2, 0) is 11.2 Å². The van der Waals surface area contributed by atoms with Crippen LogP contribution in [0.15, 0.2) is 53.9 Å². The molecule has 0 atom stereocenters. The number of pyridine rings is 1. The van der Waals surface area contributed by atoms with Crippen molar-refractivity contribution in [3.63, 3.8) is 0 Å². The first-order valence-electron chi connectivity index (χ1n) is 10.6. The lowest BCUT2D eigenvalue weighted by molar-refractivity contribution is -0.117. The van der Waals surface area contributed by atoms with Gasteiger partial charge in [0.15, 0.2) is 11.0 Å². The molecule has 8 nitrogen and oxygen atoms in total. The molecule has 32 heavy (non-hydrogen) atoms. The van der Waals surface area contributed by atoms with Crippen molar-refractivity contribution in [2.45, 2.75) is 38.8 Å². The molecular weight excluding hydrogens is 424 g/mol. The molecule has 3 amide bonds. The van der Waals surface area contributed by atoms with E-state index >= 15 is 0 Å². The van der Waals surface area contributed by atoms with Gasteiger partial charge in [-0.1, -0.05) is 44.7 Å². The van der Waals surface area contributed by atoms with Crippen LogP contribution < -0.4 is 10.6 Å². The van der Waals surface area contributed by atoms with Crippen LogP contribution in [-0.4, -0.2) is 44.0 Å². The predicted molar refractivity (Wildman–Crippen MR) is 126 cm³/mol. The van der Waals surface area contributed by atoms with Crippen molar-refractivity contribution in [2.75, 3.05) is 12.3 Å². The topological polar surface area (TPSA) is 102 Å². The molecule has 0 saturated heterocycles. The van der Waals surface area contributed by atoms with Crippen molar-refractivity contribution in [3.05, 3.63) is 54.4 Å². The highest BCUT2D eigenvalue weighted by Gasteiger charge is 2.18. The molecule has 3 rings (SSSR count). The first kappa shape index (κ1) is 23.5. The number of carbonyl (C=O) groups excluding carboxylic acids is 2. The van der Waals surface area contributed by atoms with E-state index in [4.69, 9.17) is 0 Å². The number of nitrogens with one attached hydrogen (secondary N) is 2. The third-order valence-electron chi connectivity index (χ3n) is 4.77. The van der Waals surface area contributed by atoms with Gasteiger partial charge in [0.1, 0.15) is 0 Å². The minimum atomic E-state index is -0.481. The van der Waals surface area contributed by atoms with Crippen LogP contribution >= 0.6 is 11.8 Å². The maximum atomic E-state index is 12.3. The first-order chi connectivity index (χ1) is 15.5. The zero-order valence-corrected chi connectivity index (χ0v) is 19.4. The third-order valence-corrected chi connectivity index (χ3v) is 5.70. The molecule has 2 aromatic heterocycles. The molecule has 0 spiro atoms. The van der Waals surface area contributed by atoms with Gasteiger partial charge in [-0.2, -0.15) is 0 Å². The Bertz CT molecular complexity index is 1030. The van der Waals surface area contributed by atoms with Crippen LogP contribution in [0.3, 0.4) is 0 Å². The fourth-order valence-corrected chi connectivity index (χ4v) is 3.73. The van der Waals surface area contributed by atoms with Crippen LogP contribution in [0.2, 0.25) is 0 Å². The second-order valence-corrected chi connectivity index (χ2v) is 8.62. The lowest BCUT2D eigenvalue weighted by Gasteiger charge is -2.11. The van der Waals surface area contributed by atoms with Gasteiger partial charge < -0.3 is 5.32 Å². The molecule has 0 aliphatic rings. The predicted octanol–water partition coefficient (Wildman–Crippen LogP) is 3.86. The van der Waals surface area contributed by atoms with Crippen molar-refractivity contribution in [3.8, 4) is 17.1 Å². The van der Waals surface area contributed by atoms with Crippen molar-refractivity contribution < 1.29 is 9.59 Å². The Balaban J connectivity index is 1.74. The Labute approximate surface area is 192 Å². The Morgan fingerprint density at radius 2 is 1.78 bits per heavy atom. The number of nitrogens with zero attached hydrogens (tertiary/aromatic N) is 4.